The molecule has 30 heavy (non-hydrogen) atoms. The summed E-state index contributed by atoms with van der Waals surface area (Å²) < 4.78 is 7.02. The maximum atomic E-state index is 11.6. The zero-order valence-corrected chi connectivity index (χ0v) is 19.2. The lowest BCUT2D eigenvalue weighted by Crippen LogP contribution is -2.01. The van der Waals surface area contributed by atoms with E-state index >= 15 is 0 Å². The summed E-state index contributed by atoms with van der Waals surface area (Å²) in [5.74, 6) is 0.306. The quantitative estimate of drug-likeness (QED) is 0.322. The molecule has 1 N–H and O–H groups in total. The fourth-order valence-corrected chi connectivity index (χ4v) is 4.33. The van der Waals surface area contributed by atoms with Gasteiger partial charge in [0.2, 0.25) is 10.6 Å². The van der Waals surface area contributed by atoms with Gasteiger partial charge in [0.25, 0.3) is 0 Å². The number of benzene rings is 2. The molecular weight excluding hydrogens is 534 g/mol. The molecule has 0 aliphatic rings. The van der Waals surface area contributed by atoms with E-state index in [1.165, 1.54) is 17.8 Å². The standard InChI is InChI=1S/C21H13Br2N3O3S/c22-15-7-3-1-5-13(15)19-20(14-6-2-4-8-16(14)23)25-26-21(24-19)30-11-12-9-17(27)18(28)10-29-12/h1-10,28H,11H2. The highest BCUT2D eigenvalue weighted by molar-refractivity contribution is 9.11. The van der Waals surface area contributed by atoms with E-state index in [-0.39, 0.29) is 0 Å². The van der Waals surface area contributed by atoms with Crippen molar-refractivity contribution in [3.05, 3.63) is 85.8 Å². The molecule has 150 valence electrons. The fraction of sp³-hybridized carbons (Fsp3) is 0.0476. The van der Waals surface area contributed by atoms with Gasteiger partial charge in [-0.3, -0.25) is 4.79 Å². The zero-order valence-electron chi connectivity index (χ0n) is 15.3. The third-order valence-electron chi connectivity index (χ3n) is 4.14. The van der Waals surface area contributed by atoms with Gasteiger partial charge in [-0.1, -0.05) is 80.0 Å². The summed E-state index contributed by atoms with van der Waals surface area (Å²) in [6.07, 6.45) is 1.03. The van der Waals surface area contributed by atoms with Crippen LogP contribution < -0.4 is 5.43 Å². The molecule has 0 saturated carbocycles. The van der Waals surface area contributed by atoms with Crippen molar-refractivity contribution in [2.24, 2.45) is 0 Å². The Morgan fingerprint density at radius 3 is 2.20 bits per heavy atom. The number of aromatic hydroxyl groups is 1. The van der Waals surface area contributed by atoms with Gasteiger partial charge in [-0.15, -0.1) is 10.2 Å². The summed E-state index contributed by atoms with van der Waals surface area (Å²) in [6, 6.07) is 16.8. The van der Waals surface area contributed by atoms with Gasteiger partial charge in [0, 0.05) is 26.1 Å². The fourth-order valence-electron chi connectivity index (χ4n) is 2.70. The second kappa shape index (κ2) is 9.11. The van der Waals surface area contributed by atoms with Gasteiger partial charge in [0.1, 0.15) is 23.4 Å². The molecule has 0 unspecified atom stereocenters. The lowest BCUT2D eigenvalue weighted by Gasteiger charge is -2.11. The highest BCUT2D eigenvalue weighted by atomic mass is 79.9. The lowest BCUT2D eigenvalue weighted by molar-refractivity contribution is 0.419. The molecule has 4 aromatic rings. The second-order valence-corrected chi connectivity index (χ2v) is 8.79. The summed E-state index contributed by atoms with van der Waals surface area (Å²) in [4.78, 5) is 16.3. The van der Waals surface area contributed by atoms with Crippen LogP contribution in [0, 0.1) is 0 Å². The van der Waals surface area contributed by atoms with Crippen LogP contribution in [0.2, 0.25) is 0 Å². The van der Waals surface area contributed by atoms with Crippen molar-refractivity contribution >= 4 is 43.6 Å². The third kappa shape index (κ3) is 4.48. The molecule has 9 heteroatoms. The van der Waals surface area contributed by atoms with Gasteiger partial charge >= 0.3 is 0 Å². The van der Waals surface area contributed by atoms with Crippen LogP contribution in [-0.4, -0.2) is 20.3 Å². The van der Waals surface area contributed by atoms with E-state index in [4.69, 9.17) is 9.40 Å². The number of hydrogen-bond acceptors (Lipinski definition) is 7. The Bertz CT molecular complexity index is 1280. The Balaban J connectivity index is 1.74. The van der Waals surface area contributed by atoms with E-state index in [1.54, 1.807) is 0 Å². The summed E-state index contributed by atoms with van der Waals surface area (Å²) in [6.45, 7) is 0. The Morgan fingerprint density at radius 2 is 1.57 bits per heavy atom. The first kappa shape index (κ1) is 20.8. The Hall–Kier alpha value is -2.49. The second-order valence-electron chi connectivity index (χ2n) is 6.14. The number of aromatic nitrogens is 3. The molecule has 0 radical (unpaired) electrons. The van der Waals surface area contributed by atoms with Crippen molar-refractivity contribution in [3.8, 4) is 28.3 Å². The van der Waals surface area contributed by atoms with Crippen LogP contribution in [0.4, 0.5) is 0 Å². The Morgan fingerprint density at radius 1 is 0.933 bits per heavy atom. The maximum absolute atomic E-state index is 11.6. The van der Waals surface area contributed by atoms with Crippen molar-refractivity contribution in [2.45, 2.75) is 10.9 Å². The number of thioether (sulfide) groups is 1. The van der Waals surface area contributed by atoms with Crippen LogP contribution in [-0.2, 0) is 5.75 Å². The number of rotatable bonds is 5. The molecule has 0 fully saturated rings. The lowest BCUT2D eigenvalue weighted by atomic mass is 10.0. The van der Waals surface area contributed by atoms with E-state index in [2.05, 4.69) is 42.1 Å². The SMILES string of the molecule is O=c1cc(CSc2nnc(-c3ccccc3Br)c(-c3ccccc3Br)n2)occ1O. The molecule has 0 saturated heterocycles. The zero-order chi connectivity index (χ0) is 21.1. The van der Waals surface area contributed by atoms with E-state index in [9.17, 15) is 9.90 Å². The number of hydrogen-bond donors (Lipinski definition) is 1. The van der Waals surface area contributed by atoms with Crippen molar-refractivity contribution in [1.82, 2.24) is 15.2 Å². The van der Waals surface area contributed by atoms with Gasteiger partial charge in [-0.2, -0.15) is 0 Å². The van der Waals surface area contributed by atoms with Gasteiger partial charge in [-0.25, -0.2) is 4.98 Å². The molecule has 0 bridgehead atoms. The molecule has 0 aliphatic heterocycles. The average Bonchev–Trinajstić information content (AvgIpc) is 2.75. The molecule has 2 heterocycles. The normalized spacial score (nSPS) is 10.9. The maximum Gasteiger partial charge on any atom is 0.226 e. The topological polar surface area (TPSA) is 89.1 Å². The molecule has 0 spiro atoms. The third-order valence-corrected chi connectivity index (χ3v) is 6.38. The predicted octanol–water partition coefficient (Wildman–Crippen LogP) is 5.68. The molecular formula is C21H13Br2N3O3S. The summed E-state index contributed by atoms with van der Waals surface area (Å²) >= 11 is 8.45. The van der Waals surface area contributed by atoms with Crippen molar-refractivity contribution in [2.75, 3.05) is 0 Å². The average molecular weight is 547 g/mol. The van der Waals surface area contributed by atoms with Crippen LogP contribution in [0.25, 0.3) is 22.5 Å². The number of halogens is 2. The van der Waals surface area contributed by atoms with Crippen molar-refractivity contribution in [3.63, 3.8) is 0 Å². The first-order valence-electron chi connectivity index (χ1n) is 8.71. The molecule has 0 amide bonds. The van der Waals surface area contributed by atoms with Crippen molar-refractivity contribution < 1.29 is 9.52 Å². The largest absolute Gasteiger partial charge is 0.502 e. The molecule has 6 nitrogen and oxygen atoms in total. The minimum Gasteiger partial charge on any atom is -0.502 e. The van der Waals surface area contributed by atoms with E-state index in [0.717, 1.165) is 26.3 Å². The summed E-state index contributed by atoms with van der Waals surface area (Å²) in [5, 5.41) is 18.5. The first-order valence-corrected chi connectivity index (χ1v) is 11.3. The Labute approximate surface area is 192 Å². The predicted molar refractivity (Wildman–Crippen MR) is 122 cm³/mol. The minimum absolute atomic E-state index is 0.320. The van der Waals surface area contributed by atoms with Crippen molar-refractivity contribution in [1.29, 1.82) is 0 Å². The summed E-state index contributed by atoms with van der Waals surface area (Å²) in [7, 11) is 0. The highest BCUT2D eigenvalue weighted by Crippen LogP contribution is 2.37. The van der Waals surface area contributed by atoms with Crippen LogP contribution in [0.15, 0.2) is 84.2 Å². The molecule has 2 aromatic carbocycles. The number of nitrogens with zero attached hydrogens (tertiary/aromatic N) is 3. The van der Waals surface area contributed by atoms with E-state index < -0.39 is 11.2 Å². The molecule has 0 atom stereocenters. The van der Waals surface area contributed by atoms with Gasteiger partial charge < -0.3 is 9.52 Å². The van der Waals surface area contributed by atoms with E-state index in [0.29, 0.717) is 28.1 Å². The van der Waals surface area contributed by atoms with Crippen LogP contribution in [0.5, 0.6) is 5.75 Å². The monoisotopic (exact) mass is 545 g/mol. The van der Waals surface area contributed by atoms with E-state index in [1.807, 2.05) is 48.5 Å². The minimum atomic E-state index is -0.492. The smallest absolute Gasteiger partial charge is 0.226 e. The Kier molecular flexibility index (Phi) is 6.31. The summed E-state index contributed by atoms with van der Waals surface area (Å²) in [5.41, 5.74) is 2.60. The van der Waals surface area contributed by atoms with Gasteiger partial charge in [-0.05, 0) is 12.1 Å². The van der Waals surface area contributed by atoms with Gasteiger partial charge in [0.05, 0.1) is 5.75 Å². The van der Waals surface area contributed by atoms with Crippen LogP contribution in [0.1, 0.15) is 5.76 Å². The molecule has 2 aromatic heterocycles. The highest BCUT2D eigenvalue weighted by Gasteiger charge is 2.18. The first-order chi connectivity index (χ1) is 14.5. The van der Waals surface area contributed by atoms with Gasteiger partial charge in [0.15, 0.2) is 5.75 Å². The van der Waals surface area contributed by atoms with Crippen LogP contribution >= 0.6 is 43.6 Å². The van der Waals surface area contributed by atoms with Crippen LogP contribution in [0.3, 0.4) is 0 Å². The molecule has 4 rings (SSSR count). The molecule has 0 aliphatic carbocycles.